The Morgan fingerprint density at radius 3 is 2.39 bits per heavy atom. The van der Waals surface area contributed by atoms with Gasteiger partial charge in [-0.2, -0.15) is 0 Å². The number of hydrogen-bond donors (Lipinski definition) is 1. The minimum Gasteiger partial charge on any atom is -0.457 e. The van der Waals surface area contributed by atoms with Gasteiger partial charge in [-0.3, -0.25) is 0 Å². The fraction of sp³-hybridized carbons (Fsp3) is 0.556. The molecule has 5 nitrogen and oxygen atoms in total. The van der Waals surface area contributed by atoms with Crippen molar-refractivity contribution in [1.82, 2.24) is 5.32 Å². The van der Waals surface area contributed by atoms with Crippen molar-refractivity contribution >= 4 is 12.1 Å². The van der Waals surface area contributed by atoms with E-state index in [4.69, 9.17) is 9.47 Å². The smallest absolute Gasteiger partial charge is 0.407 e. The fourth-order valence-corrected chi connectivity index (χ4v) is 1.94. The van der Waals surface area contributed by atoms with Gasteiger partial charge in [0.15, 0.2) is 0 Å². The molecule has 0 fully saturated rings. The maximum Gasteiger partial charge on any atom is 0.407 e. The fourth-order valence-electron chi connectivity index (χ4n) is 1.94. The molecule has 0 spiro atoms. The Kier molecular flexibility index (Phi) is 7.59. The lowest BCUT2D eigenvalue weighted by Crippen LogP contribution is -2.38. The summed E-state index contributed by atoms with van der Waals surface area (Å²) in [6.07, 6.45) is 1.74. The quantitative estimate of drug-likeness (QED) is 0.773. The van der Waals surface area contributed by atoms with Gasteiger partial charge in [-0.15, -0.1) is 0 Å². The number of rotatable bonds is 7. The van der Waals surface area contributed by atoms with Crippen LogP contribution in [0.2, 0.25) is 0 Å². The third kappa shape index (κ3) is 8.24. The Morgan fingerprint density at radius 2 is 1.83 bits per heavy atom. The van der Waals surface area contributed by atoms with Gasteiger partial charge in [0, 0.05) is 0 Å². The highest BCUT2D eigenvalue weighted by Gasteiger charge is 2.19. The number of amides is 1. The van der Waals surface area contributed by atoms with Gasteiger partial charge in [-0.1, -0.05) is 31.5 Å². The SMILES string of the molecule is CCCC[C@@H](CNC(=O)OC(C)(C)C)OC(=O)c1ccccc1. The molecule has 23 heavy (non-hydrogen) atoms. The number of unbranched alkanes of at least 4 members (excludes halogenated alkanes) is 1. The van der Waals surface area contributed by atoms with Crippen molar-refractivity contribution in [1.29, 1.82) is 0 Å². The van der Waals surface area contributed by atoms with Gasteiger partial charge in [-0.25, -0.2) is 9.59 Å². The molecule has 1 amide bonds. The Balaban J connectivity index is 2.55. The highest BCUT2D eigenvalue weighted by Crippen LogP contribution is 2.10. The van der Waals surface area contributed by atoms with E-state index in [1.807, 2.05) is 6.07 Å². The average Bonchev–Trinajstić information content (AvgIpc) is 2.49. The number of esters is 1. The number of benzene rings is 1. The van der Waals surface area contributed by atoms with E-state index in [0.717, 1.165) is 12.8 Å². The highest BCUT2D eigenvalue weighted by molar-refractivity contribution is 5.89. The van der Waals surface area contributed by atoms with Gasteiger partial charge in [-0.05, 0) is 45.7 Å². The first-order chi connectivity index (χ1) is 10.8. The molecule has 1 atom stereocenters. The lowest BCUT2D eigenvalue weighted by molar-refractivity contribution is 0.0232. The Labute approximate surface area is 138 Å². The largest absolute Gasteiger partial charge is 0.457 e. The molecule has 0 aliphatic heterocycles. The molecule has 128 valence electrons. The van der Waals surface area contributed by atoms with Crippen LogP contribution in [0.25, 0.3) is 0 Å². The minimum atomic E-state index is -0.552. The first kappa shape index (κ1) is 19.0. The van der Waals surface area contributed by atoms with Crippen molar-refractivity contribution in [2.24, 2.45) is 0 Å². The summed E-state index contributed by atoms with van der Waals surface area (Å²) in [5.41, 5.74) is -0.0461. The zero-order valence-corrected chi connectivity index (χ0v) is 14.4. The molecule has 0 aliphatic carbocycles. The third-order valence-corrected chi connectivity index (χ3v) is 3.04. The molecule has 0 aromatic heterocycles. The molecule has 1 N–H and O–H groups in total. The average molecular weight is 321 g/mol. The van der Waals surface area contributed by atoms with Crippen LogP contribution in [-0.2, 0) is 9.47 Å². The van der Waals surface area contributed by atoms with Crippen LogP contribution in [0.15, 0.2) is 30.3 Å². The van der Waals surface area contributed by atoms with Crippen molar-refractivity contribution in [3.63, 3.8) is 0 Å². The second-order valence-corrected chi connectivity index (χ2v) is 6.42. The van der Waals surface area contributed by atoms with Crippen molar-refractivity contribution < 1.29 is 19.1 Å². The van der Waals surface area contributed by atoms with Gasteiger partial charge in [0.2, 0.25) is 0 Å². The van der Waals surface area contributed by atoms with E-state index >= 15 is 0 Å². The summed E-state index contributed by atoms with van der Waals surface area (Å²) in [5, 5.41) is 2.67. The van der Waals surface area contributed by atoms with Gasteiger partial charge < -0.3 is 14.8 Å². The first-order valence-corrected chi connectivity index (χ1v) is 8.04. The van der Waals surface area contributed by atoms with Crippen molar-refractivity contribution in [2.45, 2.75) is 58.7 Å². The molecule has 0 bridgehead atoms. The minimum absolute atomic E-state index is 0.244. The van der Waals surface area contributed by atoms with E-state index in [0.29, 0.717) is 12.0 Å². The molecule has 0 unspecified atom stereocenters. The molecule has 1 rings (SSSR count). The van der Waals surface area contributed by atoms with E-state index in [9.17, 15) is 9.59 Å². The van der Waals surface area contributed by atoms with Gasteiger partial charge in [0.1, 0.15) is 11.7 Å². The van der Waals surface area contributed by atoms with Crippen LogP contribution in [0.1, 0.15) is 57.3 Å². The molecule has 5 heteroatoms. The van der Waals surface area contributed by atoms with Crippen LogP contribution in [0, 0.1) is 0 Å². The predicted molar refractivity (Wildman–Crippen MR) is 89.4 cm³/mol. The third-order valence-electron chi connectivity index (χ3n) is 3.04. The maximum atomic E-state index is 12.1. The van der Waals surface area contributed by atoms with Gasteiger partial charge in [0.25, 0.3) is 0 Å². The molecule has 0 saturated heterocycles. The van der Waals surface area contributed by atoms with Crippen LogP contribution >= 0.6 is 0 Å². The first-order valence-electron chi connectivity index (χ1n) is 8.04. The van der Waals surface area contributed by atoms with E-state index < -0.39 is 11.7 Å². The van der Waals surface area contributed by atoms with E-state index in [1.54, 1.807) is 45.0 Å². The van der Waals surface area contributed by atoms with Crippen LogP contribution in [0.5, 0.6) is 0 Å². The summed E-state index contributed by atoms with van der Waals surface area (Å²) in [7, 11) is 0. The highest BCUT2D eigenvalue weighted by atomic mass is 16.6. The second kappa shape index (κ2) is 9.18. The van der Waals surface area contributed by atoms with Crippen molar-refractivity contribution in [3.8, 4) is 0 Å². The number of carbonyl (C=O) groups is 2. The van der Waals surface area contributed by atoms with E-state index in [-0.39, 0.29) is 18.6 Å². The topological polar surface area (TPSA) is 64.6 Å². The zero-order valence-electron chi connectivity index (χ0n) is 14.4. The molecule has 0 saturated carbocycles. The number of hydrogen-bond acceptors (Lipinski definition) is 4. The molecule has 0 aliphatic rings. The number of ether oxygens (including phenoxy) is 2. The summed E-state index contributed by atoms with van der Waals surface area (Å²) < 4.78 is 10.7. The van der Waals surface area contributed by atoms with E-state index in [2.05, 4.69) is 12.2 Å². The van der Waals surface area contributed by atoms with Crippen LogP contribution < -0.4 is 5.32 Å². The number of alkyl carbamates (subject to hydrolysis) is 1. The summed E-state index contributed by atoms with van der Waals surface area (Å²) >= 11 is 0. The zero-order chi connectivity index (χ0) is 17.3. The molecular weight excluding hydrogens is 294 g/mol. The van der Waals surface area contributed by atoms with E-state index in [1.165, 1.54) is 0 Å². The normalized spacial score (nSPS) is 12.3. The van der Waals surface area contributed by atoms with Crippen LogP contribution in [-0.4, -0.2) is 30.3 Å². The summed E-state index contributed by atoms with van der Waals surface area (Å²) in [5.74, 6) is -0.377. The predicted octanol–water partition coefficient (Wildman–Crippen LogP) is 3.93. The molecule has 0 heterocycles. The monoisotopic (exact) mass is 321 g/mol. The molecular formula is C18H27NO4. The number of carbonyl (C=O) groups excluding carboxylic acids is 2. The Bertz CT molecular complexity index is 493. The Hall–Kier alpha value is -2.04. The lowest BCUT2D eigenvalue weighted by Gasteiger charge is -2.22. The van der Waals surface area contributed by atoms with Gasteiger partial charge >= 0.3 is 12.1 Å². The summed E-state index contributed by atoms with van der Waals surface area (Å²) in [4.78, 5) is 23.8. The van der Waals surface area contributed by atoms with Crippen LogP contribution in [0.4, 0.5) is 4.79 Å². The summed E-state index contributed by atoms with van der Waals surface area (Å²) in [6.45, 7) is 7.72. The van der Waals surface area contributed by atoms with Gasteiger partial charge in [0.05, 0.1) is 12.1 Å². The Morgan fingerprint density at radius 1 is 1.17 bits per heavy atom. The summed E-state index contributed by atoms with van der Waals surface area (Å²) in [6, 6.07) is 8.84. The molecule has 1 aromatic rings. The maximum absolute atomic E-state index is 12.1. The van der Waals surface area contributed by atoms with Crippen LogP contribution in [0.3, 0.4) is 0 Å². The van der Waals surface area contributed by atoms with Crippen molar-refractivity contribution in [3.05, 3.63) is 35.9 Å². The molecule has 1 aromatic carbocycles. The number of nitrogens with one attached hydrogen (secondary N) is 1. The lowest BCUT2D eigenvalue weighted by atomic mass is 10.1. The second-order valence-electron chi connectivity index (χ2n) is 6.42. The van der Waals surface area contributed by atoms with Crippen molar-refractivity contribution in [2.75, 3.05) is 6.54 Å². The molecule has 0 radical (unpaired) electrons. The standard InChI is InChI=1S/C18H27NO4/c1-5-6-12-15(13-19-17(21)23-18(2,3)4)22-16(20)14-10-8-7-9-11-14/h7-11,15H,5-6,12-13H2,1-4H3,(H,19,21)/t15-/m0/s1.